The number of hydrogen-bond acceptors (Lipinski definition) is 2. The first-order chi connectivity index (χ1) is 9.08. The Labute approximate surface area is 114 Å². The van der Waals surface area contributed by atoms with Crippen molar-refractivity contribution in [3.63, 3.8) is 0 Å². The molecule has 0 unspecified atom stereocenters. The average Bonchev–Trinajstić information content (AvgIpc) is 2.39. The number of hydrogen-bond donors (Lipinski definition) is 1. The molecule has 0 aliphatic rings. The van der Waals surface area contributed by atoms with Crippen LogP contribution in [0.15, 0.2) is 47.4 Å². The summed E-state index contributed by atoms with van der Waals surface area (Å²) in [6, 6.07) is 10.2. The van der Waals surface area contributed by atoms with Crippen LogP contribution in [0.1, 0.15) is 15.9 Å². The smallest absolute Gasteiger partial charge is 0.341 e. The van der Waals surface area contributed by atoms with Gasteiger partial charge in [0.05, 0.1) is 0 Å². The summed E-state index contributed by atoms with van der Waals surface area (Å²) in [5.41, 5.74) is 0.347. The van der Waals surface area contributed by atoms with Crippen molar-refractivity contribution in [3.8, 4) is 0 Å². The number of nitrogens with zero attached hydrogens (tertiary/aromatic N) is 1. The van der Waals surface area contributed by atoms with Gasteiger partial charge in [-0.1, -0.05) is 23.7 Å². The van der Waals surface area contributed by atoms with E-state index in [4.69, 9.17) is 16.7 Å². The van der Waals surface area contributed by atoms with Crippen molar-refractivity contribution in [1.82, 2.24) is 4.57 Å². The Morgan fingerprint density at radius 2 is 1.89 bits per heavy atom. The van der Waals surface area contributed by atoms with Crippen molar-refractivity contribution < 1.29 is 9.90 Å². The standard InChI is InChI=1S/C14H12ClNO3/c15-11-5-3-10(4-6-11)7-9-16-8-1-2-12(13(16)17)14(18)19/h1-6,8H,7,9H2,(H,18,19). The molecule has 0 aliphatic carbocycles. The molecule has 4 nitrogen and oxygen atoms in total. The Balaban J connectivity index is 2.16. The fourth-order valence-corrected chi connectivity index (χ4v) is 1.90. The van der Waals surface area contributed by atoms with Crippen molar-refractivity contribution >= 4 is 17.6 Å². The summed E-state index contributed by atoms with van der Waals surface area (Å²) >= 11 is 5.79. The van der Waals surface area contributed by atoms with Crippen LogP contribution in [-0.4, -0.2) is 15.6 Å². The molecule has 0 atom stereocenters. The highest BCUT2D eigenvalue weighted by molar-refractivity contribution is 6.30. The maximum absolute atomic E-state index is 11.8. The van der Waals surface area contributed by atoms with Crippen LogP contribution in [0.3, 0.4) is 0 Å². The lowest BCUT2D eigenvalue weighted by atomic mass is 10.1. The number of halogens is 1. The van der Waals surface area contributed by atoms with E-state index < -0.39 is 11.5 Å². The SMILES string of the molecule is O=C(O)c1cccn(CCc2ccc(Cl)cc2)c1=O. The quantitative estimate of drug-likeness (QED) is 0.934. The minimum atomic E-state index is -1.20. The topological polar surface area (TPSA) is 59.3 Å². The first kappa shape index (κ1) is 13.4. The molecule has 0 bridgehead atoms. The molecule has 0 amide bonds. The Bertz CT molecular complexity index is 646. The Morgan fingerprint density at radius 3 is 2.53 bits per heavy atom. The van der Waals surface area contributed by atoms with E-state index in [1.54, 1.807) is 24.4 Å². The summed E-state index contributed by atoms with van der Waals surface area (Å²) in [4.78, 5) is 22.7. The number of rotatable bonds is 4. The third kappa shape index (κ3) is 3.23. The molecule has 2 aromatic rings. The maximum Gasteiger partial charge on any atom is 0.341 e. The molecule has 5 heteroatoms. The molecule has 1 heterocycles. The van der Waals surface area contributed by atoms with Crippen LogP contribution >= 0.6 is 11.6 Å². The minimum absolute atomic E-state index is 0.210. The summed E-state index contributed by atoms with van der Waals surface area (Å²) in [7, 11) is 0. The van der Waals surface area contributed by atoms with Gasteiger partial charge in [0.15, 0.2) is 0 Å². The molecule has 0 spiro atoms. The lowest BCUT2D eigenvalue weighted by Crippen LogP contribution is -2.26. The monoisotopic (exact) mass is 277 g/mol. The fraction of sp³-hybridized carbons (Fsp3) is 0.143. The van der Waals surface area contributed by atoms with Crippen molar-refractivity contribution in [2.45, 2.75) is 13.0 Å². The molecule has 2 rings (SSSR count). The number of aromatic carboxylic acids is 1. The lowest BCUT2D eigenvalue weighted by molar-refractivity contribution is 0.0694. The molecule has 1 N–H and O–H groups in total. The minimum Gasteiger partial charge on any atom is -0.477 e. The molecule has 19 heavy (non-hydrogen) atoms. The van der Waals surface area contributed by atoms with Crippen LogP contribution in [0.25, 0.3) is 0 Å². The van der Waals surface area contributed by atoms with E-state index in [1.165, 1.54) is 10.6 Å². The largest absolute Gasteiger partial charge is 0.477 e. The van der Waals surface area contributed by atoms with Crippen molar-refractivity contribution in [2.75, 3.05) is 0 Å². The van der Waals surface area contributed by atoms with Gasteiger partial charge in [-0.25, -0.2) is 4.79 Å². The number of carbonyl (C=O) groups is 1. The molecule has 0 radical (unpaired) electrons. The summed E-state index contributed by atoms with van der Waals surface area (Å²) in [6.07, 6.45) is 2.23. The number of benzene rings is 1. The van der Waals surface area contributed by atoms with E-state index in [-0.39, 0.29) is 5.56 Å². The van der Waals surface area contributed by atoms with E-state index >= 15 is 0 Å². The molecule has 1 aromatic heterocycles. The number of aromatic nitrogens is 1. The fourth-order valence-electron chi connectivity index (χ4n) is 1.78. The molecule has 0 fully saturated rings. The van der Waals surface area contributed by atoms with E-state index in [1.807, 2.05) is 12.1 Å². The van der Waals surface area contributed by atoms with Crippen LogP contribution in [0.2, 0.25) is 5.02 Å². The van der Waals surface area contributed by atoms with Crippen LogP contribution in [0, 0.1) is 0 Å². The van der Waals surface area contributed by atoms with Gasteiger partial charge in [0, 0.05) is 17.8 Å². The Morgan fingerprint density at radius 1 is 1.21 bits per heavy atom. The average molecular weight is 278 g/mol. The first-order valence-electron chi connectivity index (χ1n) is 5.75. The zero-order valence-electron chi connectivity index (χ0n) is 10.0. The van der Waals surface area contributed by atoms with Gasteiger partial charge in [-0.3, -0.25) is 4.79 Å². The highest BCUT2D eigenvalue weighted by Gasteiger charge is 2.09. The predicted octanol–water partition coefficient (Wildman–Crippen LogP) is 2.44. The van der Waals surface area contributed by atoms with Gasteiger partial charge in [-0.2, -0.15) is 0 Å². The first-order valence-corrected chi connectivity index (χ1v) is 6.13. The highest BCUT2D eigenvalue weighted by atomic mass is 35.5. The van der Waals surface area contributed by atoms with E-state index in [9.17, 15) is 9.59 Å². The van der Waals surface area contributed by atoms with E-state index in [2.05, 4.69) is 0 Å². The predicted molar refractivity (Wildman–Crippen MR) is 72.8 cm³/mol. The molecule has 0 aliphatic heterocycles. The number of carboxylic acid groups (broad SMARTS) is 1. The third-order valence-corrected chi connectivity index (χ3v) is 3.06. The molecule has 0 saturated carbocycles. The van der Waals surface area contributed by atoms with Gasteiger partial charge in [0.1, 0.15) is 5.56 Å². The van der Waals surface area contributed by atoms with Crippen molar-refractivity contribution in [2.24, 2.45) is 0 Å². The second-order valence-electron chi connectivity index (χ2n) is 4.10. The maximum atomic E-state index is 11.8. The highest BCUT2D eigenvalue weighted by Crippen LogP contribution is 2.10. The number of carboxylic acids is 1. The normalized spacial score (nSPS) is 10.4. The van der Waals surface area contributed by atoms with Gasteiger partial charge in [-0.05, 0) is 36.2 Å². The number of aryl methyl sites for hydroxylation is 2. The van der Waals surface area contributed by atoms with Crippen molar-refractivity contribution in [1.29, 1.82) is 0 Å². The van der Waals surface area contributed by atoms with Gasteiger partial charge >= 0.3 is 5.97 Å². The van der Waals surface area contributed by atoms with Crippen LogP contribution in [-0.2, 0) is 13.0 Å². The van der Waals surface area contributed by atoms with Gasteiger partial charge < -0.3 is 9.67 Å². The molecular weight excluding hydrogens is 266 g/mol. The molecule has 0 saturated heterocycles. The lowest BCUT2D eigenvalue weighted by Gasteiger charge is -2.06. The molecule has 98 valence electrons. The van der Waals surface area contributed by atoms with Crippen LogP contribution < -0.4 is 5.56 Å². The van der Waals surface area contributed by atoms with Crippen molar-refractivity contribution in [3.05, 3.63) is 69.1 Å². The molecular formula is C14H12ClNO3. The number of pyridine rings is 1. The summed E-state index contributed by atoms with van der Waals surface area (Å²) in [5, 5.41) is 9.54. The summed E-state index contributed by atoms with van der Waals surface area (Å²) in [6.45, 7) is 0.432. The van der Waals surface area contributed by atoms with Gasteiger partial charge in [0.2, 0.25) is 0 Å². The summed E-state index contributed by atoms with van der Waals surface area (Å²) < 4.78 is 1.40. The van der Waals surface area contributed by atoms with Gasteiger partial charge in [-0.15, -0.1) is 0 Å². The van der Waals surface area contributed by atoms with E-state index in [0.29, 0.717) is 18.0 Å². The van der Waals surface area contributed by atoms with Crippen LogP contribution in [0.5, 0.6) is 0 Å². The van der Waals surface area contributed by atoms with E-state index in [0.717, 1.165) is 5.56 Å². The summed E-state index contributed by atoms with van der Waals surface area (Å²) in [5.74, 6) is -1.20. The van der Waals surface area contributed by atoms with Crippen LogP contribution in [0.4, 0.5) is 0 Å². The zero-order valence-corrected chi connectivity index (χ0v) is 10.8. The second kappa shape index (κ2) is 5.71. The zero-order chi connectivity index (χ0) is 13.8. The Hall–Kier alpha value is -2.07. The second-order valence-corrected chi connectivity index (χ2v) is 4.54. The Kier molecular flexibility index (Phi) is 4.02. The molecule has 1 aromatic carbocycles. The third-order valence-electron chi connectivity index (χ3n) is 2.81. The van der Waals surface area contributed by atoms with Gasteiger partial charge in [0.25, 0.3) is 5.56 Å².